The average Bonchev–Trinajstić information content (AvgIpc) is 3.37. The highest BCUT2D eigenvalue weighted by Gasteiger charge is 2.22. The zero-order valence-electron chi connectivity index (χ0n) is 21.1. The summed E-state index contributed by atoms with van der Waals surface area (Å²) in [4.78, 5) is 26.5. The molecular weight excluding hydrogens is 472 g/mol. The molecule has 0 atom stereocenters. The molecule has 0 saturated carbocycles. The molecule has 5 rings (SSSR count). The number of carboxylic acids is 1. The Bertz CT molecular complexity index is 1410. The van der Waals surface area contributed by atoms with Crippen molar-refractivity contribution in [2.75, 3.05) is 49.3 Å². The number of aryl methyl sites for hydroxylation is 1. The first-order valence-corrected chi connectivity index (χ1v) is 12.3. The number of nitrogens with one attached hydrogen (secondary N) is 2. The minimum absolute atomic E-state index is 0.0926. The van der Waals surface area contributed by atoms with Gasteiger partial charge in [-0.2, -0.15) is 0 Å². The standard InChI is InChI=1S/C27H30N6O4/c1-16-4-5-24(37-16)23-11-20(19-10-25(36-3)22(28-2)12-21(19)32-23)29-13-17-6-8-33(9-7-17)27-30-14-18(15-31-27)26(34)35/h4-5,10-12,14-15,17,28H,6-9,13H2,1-3H3,(H,29,32)(H,34,35). The number of piperidine rings is 1. The van der Waals surface area contributed by atoms with Crippen LogP contribution in [-0.4, -0.2) is 59.8 Å². The van der Waals surface area contributed by atoms with Gasteiger partial charge in [-0.05, 0) is 56.0 Å². The number of fused-ring (bicyclic) bond motifs is 1. The molecule has 0 bridgehead atoms. The molecule has 10 heteroatoms. The van der Waals surface area contributed by atoms with Crippen LogP contribution in [0.2, 0.25) is 0 Å². The van der Waals surface area contributed by atoms with Gasteiger partial charge in [0.2, 0.25) is 5.95 Å². The Morgan fingerprint density at radius 3 is 2.54 bits per heavy atom. The van der Waals surface area contributed by atoms with E-state index < -0.39 is 5.97 Å². The van der Waals surface area contributed by atoms with Gasteiger partial charge >= 0.3 is 5.97 Å². The van der Waals surface area contributed by atoms with Gasteiger partial charge in [0, 0.05) is 50.1 Å². The molecule has 3 aromatic heterocycles. The Morgan fingerprint density at radius 2 is 1.92 bits per heavy atom. The summed E-state index contributed by atoms with van der Waals surface area (Å²) in [7, 11) is 3.52. The quantitative estimate of drug-likeness (QED) is 0.313. The van der Waals surface area contributed by atoms with Gasteiger partial charge in [-0.25, -0.2) is 19.7 Å². The number of furan rings is 1. The van der Waals surface area contributed by atoms with Gasteiger partial charge in [0.1, 0.15) is 17.2 Å². The summed E-state index contributed by atoms with van der Waals surface area (Å²) in [6.07, 6.45) is 4.66. The number of nitrogens with zero attached hydrogens (tertiary/aromatic N) is 4. The molecule has 1 aliphatic rings. The van der Waals surface area contributed by atoms with E-state index >= 15 is 0 Å². The van der Waals surface area contributed by atoms with Crippen molar-refractivity contribution in [1.29, 1.82) is 0 Å². The van der Waals surface area contributed by atoms with Crippen LogP contribution in [0.4, 0.5) is 17.3 Å². The first kappa shape index (κ1) is 24.4. The highest BCUT2D eigenvalue weighted by Crippen LogP contribution is 2.36. The van der Waals surface area contributed by atoms with E-state index in [4.69, 9.17) is 19.2 Å². The predicted octanol–water partition coefficient (Wildman–Crippen LogP) is 4.67. The fourth-order valence-corrected chi connectivity index (χ4v) is 4.65. The normalized spacial score (nSPS) is 14.1. The van der Waals surface area contributed by atoms with E-state index in [1.54, 1.807) is 7.11 Å². The first-order valence-electron chi connectivity index (χ1n) is 12.3. The van der Waals surface area contributed by atoms with Gasteiger partial charge in [0.25, 0.3) is 0 Å². The molecule has 1 saturated heterocycles. The molecule has 10 nitrogen and oxygen atoms in total. The number of hydrogen-bond acceptors (Lipinski definition) is 9. The molecule has 37 heavy (non-hydrogen) atoms. The molecule has 0 spiro atoms. The Hall–Kier alpha value is -4.34. The first-order chi connectivity index (χ1) is 17.9. The molecule has 4 heterocycles. The third-order valence-corrected chi connectivity index (χ3v) is 6.76. The molecule has 0 amide bonds. The summed E-state index contributed by atoms with van der Waals surface area (Å²) < 4.78 is 11.5. The van der Waals surface area contributed by atoms with Crippen LogP contribution in [0.15, 0.2) is 47.1 Å². The highest BCUT2D eigenvalue weighted by atomic mass is 16.5. The topological polar surface area (TPSA) is 126 Å². The zero-order chi connectivity index (χ0) is 25.9. The fraction of sp³-hybridized carbons (Fsp3) is 0.333. The number of aromatic carboxylic acids is 1. The van der Waals surface area contributed by atoms with Crippen LogP contribution in [0.3, 0.4) is 0 Å². The summed E-state index contributed by atoms with van der Waals surface area (Å²) in [5.74, 6) is 2.33. The van der Waals surface area contributed by atoms with Crippen molar-refractivity contribution in [3.63, 3.8) is 0 Å². The minimum atomic E-state index is -1.02. The SMILES string of the molecule is CNc1cc2nc(-c3ccc(C)o3)cc(NCC3CCN(c4ncc(C(=O)O)cn4)CC3)c2cc1OC. The smallest absolute Gasteiger partial charge is 0.338 e. The lowest BCUT2D eigenvalue weighted by molar-refractivity contribution is 0.0696. The lowest BCUT2D eigenvalue weighted by Gasteiger charge is -2.32. The number of rotatable bonds is 8. The van der Waals surface area contributed by atoms with E-state index in [-0.39, 0.29) is 5.56 Å². The lowest BCUT2D eigenvalue weighted by atomic mass is 9.96. The van der Waals surface area contributed by atoms with Crippen molar-refractivity contribution >= 4 is 34.2 Å². The largest absolute Gasteiger partial charge is 0.495 e. The average molecular weight is 503 g/mol. The molecule has 1 fully saturated rings. The Balaban J connectivity index is 1.34. The Morgan fingerprint density at radius 1 is 1.16 bits per heavy atom. The van der Waals surface area contributed by atoms with Gasteiger partial charge in [-0.3, -0.25) is 0 Å². The monoisotopic (exact) mass is 502 g/mol. The number of carboxylic acid groups (broad SMARTS) is 1. The van der Waals surface area contributed by atoms with E-state index in [2.05, 4.69) is 25.5 Å². The number of methoxy groups -OCH3 is 1. The molecule has 0 aliphatic carbocycles. The third kappa shape index (κ3) is 5.13. The summed E-state index contributed by atoms with van der Waals surface area (Å²) in [6.45, 7) is 4.35. The van der Waals surface area contributed by atoms with Gasteiger partial charge in [-0.15, -0.1) is 0 Å². The van der Waals surface area contributed by atoms with Crippen LogP contribution < -0.4 is 20.3 Å². The molecule has 0 unspecified atom stereocenters. The van der Waals surface area contributed by atoms with E-state index in [9.17, 15) is 4.79 Å². The van der Waals surface area contributed by atoms with E-state index in [1.807, 2.05) is 44.3 Å². The minimum Gasteiger partial charge on any atom is -0.495 e. The molecule has 0 radical (unpaired) electrons. The fourth-order valence-electron chi connectivity index (χ4n) is 4.65. The van der Waals surface area contributed by atoms with Crippen LogP contribution in [0, 0.1) is 12.8 Å². The summed E-state index contributed by atoms with van der Waals surface area (Å²) in [5.41, 5.74) is 3.55. The molecule has 4 aromatic rings. The highest BCUT2D eigenvalue weighted by molar-refractivity contribution is 5.97. The van der Waals surface area contributed by atoms with E-state index in [1.165, 1.54) is 12.4 Å². The van der Waals surface area contributed by atoms with E-state index in [0.29, 0.717) is 11.9 Å². The second kappa shape index (κ2) is 10.3. The van der Waals surface area contributed by atoms with Crippen LogP contribution in [-0.2, 0) is 0 Å². The number of pyridine rings is 1. The van der Waals surface area contributed by atoms with Crippen molar-refractivity contribution in [2.24, 2.45) is 5.92 Å². The van der Waals surface area contributed by atoms with E-state index in [0.717, 1.165) is 77.7 Å². The van der Waals surface area contributed by atoms with Crippen molar-refractivity contribution in [3.8, 4) is 17.2 Å². The predicted molar refractivity (Wildman–Crippen MR) is 143 cm³/mol. The number of carbonyl (C=O) groups is 1. The number of aromatic nitrogens is 3. The van der Waals surface area contributed by atoms with Crippen molar-refractivity contribution < 1.29 is 19.1 Å². The van der Waals surface area contributed by atoms with Crippen LogP contribution >= 0.6 is 0 Å². The van der Waals surface area contributed by atoms with Gasteiger partial charge < -0.3 is 29.8 Å². The number of ether oxygens (including phenoxy) is 1. The maximum Gasteiger partial charge on any atom is 0.338 e. The summed E-state index contributed by atoms with van der Waals surface area (Å²) in [6, 6.07) is 9.91. The number of hydrogen-bond donors (Lipinski definition) is 3. The van der Waals surface area contributed by atoms with Gasteiger partial charge in [0.15, 0.2) is 5.76 Å². The second-order valence-electron chi connectivity index (χ2n) is 9.17. The number of anilines is 3. The van der Waals surface area contributed by atoms with Gasteiger partial charge in [-0.1, -0.05) is 0 Å². The summed E-state index contributed by atoms with van der Waals surface area (Å²) >= 11 is 0. The molecule has 1 aliphatic heterocycles. The van der Waals surface area contributed by atoms with Crippen molar-refractivity contribution in [3.05, 3.63) is 54.0 Å². The zero-order valence-corrected chi connectivity index (χ0v) is 21.1. The maximum atomic E-state index is 11.1. The maximum absolute atomic E-state index is 11.1. The van der Waals surface area contributed by atoms with Gasteiger partial charge in [0.05, 0.1) is 23.9 Å². The molecule has 3 N–H and O–H groups in total. The molecule has 1 aromatic carbocycles. The number of benzene rings is 1. The van der Waals surface area contributed by atoms with Crippen molar-refractivity contribution in [2.45, 2.75) is 19.8 Å². The Labute approximate surface area is 214 Å². The van der Waals surface area contributed by atoms with Crippen LogP contribution in [0.25, 0.3) is 22.4 Å². The van der Waals surface area contributed by atoms with Crippen LogP contribution in [0.5, 0.6) is 5.75 Å². The third-order valence-electron chi connectivity index (χ3n) is 6.76. The van der Waals surface area contributed by atoms with Crippen molar-refractivity contribution in [1.82, 2.24) is 15.0 Å². The molecular formula is C27H30N6O4. The Kier molecular flexibility index (Phi) is 6.80. The summed E-state index contributed by atoms with van der Waals surface area (Å²) in [5, 5.41) is 16.9. The molecule has 192 valence electrons. The second-order valence-corrected chi connectivity index (χ2v) is 9.17. The lowest BCUT2D eigenvalue weighted by Crippen LogP contribution is -2.36. The van der Waals surface area contributed by atoms with Crippen LogP contribution in [0.1, 0.15) is 29.0 Å².